The standard InChI is InChI=1S/C13H15F3N4O/c1-7(2)12-19-10(11(17)20(12)18)8-4-3-5-9(6-8)21-13(14,15)16/h3-7H,17-18H2,1-2H3. The number of nitrogens with two attached hydrogens (primary N) is 2. The molecule has 21 heavy (non-hydrogen) atoms. The van der Waals surface area contributed by atoms with Crippen molar-refractivity contribution in [1.82, 2.24) is 9.66 Å². The van der Waals surface area contributed by atoms with Crippen molar-refractivity contribution < 1.29 is 17.9 Å². The summed E-state index contributed by atoms with van der Waals surface area (Å²) in [6.07, 6.45) is -4.75. The van der Waals surface area contributed by atoms with Crippen LogP contribution in [0.25, 0.3) is 11.3 Å². The monoisotopic (exact) mass is 300 g/mol. The van der Waals surface area contributed by atoms with Crippen molar-refractivity contribution in [2.75, 3.05) is 11.6 Å². The molecule has 0 spiro atoms. The fourth-order valence-corrected chi connectivity index (χ4v) is 1.92. The lowest BCUT2D eigenvalue weighted by Crippen LogP contribution is -2.17. The molecule has 2 rings (SSSR count). The highest BCUT2D eigenvalue weighted by atomic mass is 19.4. The average Bonchev–Trinajstić information content (AvgIpc) is 2.65. The number of rotatable bonds is 3. The molecule has 5 nitrogen and oxygen atoms in total. The number of imidazole rings is 1. The van der Waals surface area contributed by atoms with Gasteiger partial charge in [-0.3, -0.25) is 0 Å². The Morgan fingerprint density at radius 1 is 1.29 bits per heavy atom. The highest BCUT2D eigenvalue weighted by Crippen LogP contribution is 2.31. The van der Waals surface area contributed by atoms with E-state index in [-0.39, 0.29) is 17.5 Å². The van der Waals surface area contributed by atoms with Crippen LogP contribution in [0.3, 0.4) is 0 Å². The molecule has 2 aromatic rings. The van der Waals surface area contributed by atoms with E-state index in [9.17, 15) is 13.2 Å². The Kier molecular flexibility index (Phi) is 3.71. The second-order valence-electron chi connectivity index (χ2n) is 4.80. The van der Waals surface area contributed by atoms with E-state index in [2.05, 4.69) is 9.72 Å². The third kappa shape index (κ3) is 3.21. The number of ether oxygens (including phenoxy) is 1. The maximum atomic E-state index is 12.2. The summed E-state index contributed by atoms with van der Waals surface area (Å²) in [7, 11) is 0. The van der Waals surface area contributed by atoms with Gasteiger partial charge in [0.15, 0.2) is 5.82 Å². The third-order valence-electron chi connectivity index (χ3n) is 2.83. The summed E-state index contributed by atoms with van der Waals surface area (Å²) in [6.45, 7) is 3.77. The summed E-state index contributed by atoms with van der Waals surface area (Å²) in [4.78, 5) is 4.29. The van der Waals surface area contributed by atoms with Crippen LogP contribution in [0.4, 0.5) is 19.0 Å². The molecule has 0 unspecified atom stereocenters. The van der Waals surface area contributed by atoms with Gasteiger partial charge in [0.2, 0.25) is 0 Å². The van der Waals surface area contributed by atoms with Crippen molar-refractivity contribution in [3.63, 3.8) is 0 Å². The Morgan fingerprint density at radius 2 is 1.95 bits per heavy atom. The van der Waals surface area contributed by atoms with Crippen LogP contribution >= 0.6 is 0 Å². The minimum Gasteiger partial charge on any atom is -0.406 e. The van der Waals surface area contributed by atoms with Gasteiger partial charge in [0, 0.05) is 11.5 Å². The molecule has 0 radical (unpaired) electrons. The number of nitrogen functional groups attached to an aromatic ring is 2. The average molecular weight is 300 g/mol. The summed E-state index contributed by atoms with van der Waals surface area (Å²) in [5, 5.41) is 0. The molecule has 0 bridgehead atoms. The predicted octanol–water partition coefficient (Wildman–Crippen LogP) is 2.87. The number of anilines is 1. The minimum atomic E-state index is -4.75. The largest absolute Gasteiger partial charge is 0.573 e. The third-order valence-corrected chi connectivity index (χ3v) is 2.83. The first-order valence-corrected chi connectivity index (χ1v) is 6.18. The van der Waals surface area contributed by atoms with E-state index in [1.807, 2.05) is 13.8 Å². The summed E-state index contributed by atoms with van der Waals surface area (Å²) in [5.41, 5.74) is 6.59. The van der Waals surface area contributed by atoms with Crippen molar-refractivity contribution >= 4 is 5.82 Å². The Labute approximate surface area is 119 Å². The molecule has 8 heteroatoms. The van der Waals surface area contributed by atoms with Crippen molar-refractivity contribution in [3.8, 4) is 17.0 Å². The molecule has 0 aliphatic heterocycles. The second-order valence-corrected chi connectivity index (χ2v) is 4.80. The van der Waals surface area contributed by atoms with Crippen LogP contribution < -0.4 is 16.3 Å². The minimum absolute atomic E-state index is 0.0284. The predicted molar refractivity (Wildman–Crippen MR) is 73.0 cm³/mol. The van der Waals surface area contributed by atoms with Crippen LogP contribution in [0.1, 0.15) is 25.6 Å². The number of alkyl halides is 3. The smallest absolute Gasteiger partial charge is 0.406 e. The van der Waals surface area contributed by atoms with Gasteiger partial charge in [-0.05, 0) is 12.1 Å². The number of hydrogen-bond acceptors (Lipinski definition) is 4. The van der Waals surface area contributed by atoms with E-state index in [1.54, 1.807) is 6.07 Å². The van der Waals surface area contributed by atoms with E-state index < -0.39 is 6.36 Å². The molecule has 0 aliphatic carbocycles. The normalized spacial score (nSPS) is 11.9. The lowest BCUT2D eigenvalue weighted by atomic mass is 10.1. The summed E-state index contributed by atoms with van der Waals surface area (Å²) >= 11 is 0. The Balaban J connectivity index is 2.43. The lowest BCUT2D eigenvalue weighted by Gasteiger charge is -2.09. The maximum Gasteiger partial charge on any atom is 0.573 e. The van der Waals surface area contributed by atoms with Crippen LogP contribution in [-0.4, -0.2) is 16.0 Å². The Hall–Kier alpha value is -2.38. The van der Waals surface area contributed by atoms with E-state index in [0.29, 0.717) is 17.1 Å². The number of aromatic nitrogens is 2. The maximum absolute atomic E-state index is 12.2. The highest BCUT2D eigenvalue weighted by molar-refractivity contribution is 5.72. The van der Waals surface area contributed by atoms with E-state index >= 15 is 0 Å². The Morgan fingerprint density at radius 3 is 2.48 bits per heavy atom. The van der Waals surface area contributed by atoms with Crippen LogP contribution in [0.15, 0.2) is 24.3 Å². The lowest BCUT2D eigenvalue weighted by molar-refractivity contribution is -0.274. The number of benzene rings is 1. The fraction of sp³-hybridized carbons (Fsp3) is 0.308. The van der Waals surface area contributed by atoms with Gasteiger partial charge in [0.1, 0.15) is 17.3 Å². The summed E-state index contributed by atoms with van der Waals surface area (Å²) < 4.78 is 41.8. The van der Waals surface area contributed by atoms with Gasteiger partial charge < -0.3 is 16.3 Å². The SMILES string of the molecule is CC(C)c1nc(-c2cccc(OC(F)(F)F)c2)c(N)n1N. The van der Waals surface area contributed by atoms with Crippen LogP contribution in [0.5, 0.6) is 5.75 Å². The molecule has 0 saturated carbocycles. The van der Waals surface area contributed by atoms with Crippen molar-refractivity contribution in [3.05, 3.63) is 30.1 Å². The first-order valence-electron chi connectivity index (χ1n) is 6.18. The van der Waals surface area contributed by atoms with Gasteiger partial charge in [-0.25, -0.2) is 9.66 Å². The van der Waals surface area contributed by atoms with Crippen molar-refractivity contribution in [1.29, 1.82) is 0 Å². The van der Waals surface area contributed by atoms with Gasteiger partial charge in [-0.15, -0.1) is 13.2 Å². The first kappa shape index (κ1) is 15.0. The van der Waals surface area contributed by atoms with E-state index in [4.69, 9.17) is 11.6 Å². The van der Waals surface area contributed by atoms with E-state index in [0.717, 1.165) is 0 Å². The molecular formula is C13H15F3N4O. The molecule has 0 fully saturated rings. The molecule has 0 amide bonds. The van der Waals surface area contributed by atoms with Crippen LogP contribution in [-0.2, 0) is 0 Å². The molecule has 114 valence electrons. The van der Waals surface area contributed by atoms with Crippen molar-refractivity contribution in [2.24, 2.45) is 0 Å². The van der Waals surface area contributed by atoms with Crippen LogP contribution in [0.2, 0.25) is 0 Å². The molecular weight excluding hydrogens is 285 g/mol. The topological polar surface area (TPSA) is 79.1 Å². The van der Waals surface area contributed by atoms with Crippen LogP contribution in [0, 0.1) is 0 Å². The molecule has 0 aliphatic rings. The molecule has 4 N–H and O–H groups in total. The Bertz CT molecular complexity index is 649. The zero-order valence-electron chi connectivity index (χ0n) is 11.5. The van der Waals surface area contributed by atoms with Crippen molar-refractivity contribution in [2.45, 2.75) is 26.1 Å². The van der Waals surface area contributed by atoms with Gasteiger partial charge >= 0.3 is 6.36 Å². The first-order chi connectivity index (χ1) is 9.69. The van der Waals surface area contributed by atoms with E-state index in [1.165, 1.54) is 22.9 Å². The van der Waals surface area contributed by atoms with Gasteiger partial charge in [-0.2, -0.15) is 0 Å². The summed E-state index contributed by atoms with van der Waals surface area (Å²) in [6, 6.07) is 5.44. The second kappa shape index (κ2) is 5.19. The van der Waals surface area contributed by atoms with Gasteiger partial charge in [0.25, 0.3) is 0 Å². The zero-order chi connectivity index (χ0) is 15.8. The highest BCUT2D eigenvalue weighted by Gasteiger charge is 2.31. The quantitative estimate of drug-likeness (QED) is 0.854. The molecule has 1 heterocycles. The number of halogens is 3. The molecule has 0 saturated heterocycles. The molecule has 0 atom stereocenters. The zero-order valence-corrected chi connectivity index (χ0v) is 11.5. The number of nitrogens with zero attached hydrogens (tertiary/aromatic N) is 2. The van der Waals surface area contributed by atoms with Gasteiger partial charge in [-0.1, -0.05) is 26.0 Å². The fourth-order valence-electron chi connectivity index (χ4n) is 1.92. The number of hydrogen-bond donors (Lipinski definition) is 2. The molecule has 1 aromatic heterocycles. The summed E-state index contributed by atoms with van der Waals surface area (Å²) in [5.74, 6) is 6.22. The van der Waals surface area contributed by atoms with Gasteiger partial charge in [0.05, 0.1) is 0 Å². The molecule has 1 aromatic carbocycles.